The van der Waals surface area contributed by atoms with E-state index in [1.165, 1.54) is 22.5 Å². The zero-order valence-electron chi connectivity index (χ0n) is 15.4. The average molecular weight is 403 g/mol. The van der Waals surface area contributed by atoms with Gasteiger partial charge >= 0.3 is 0 Å². The number of nitro benzene ring substituents is 1. The maximum Gasteiger partial charge on any atom is 0.271 e. The lowest BCUT2D eigenvalue weighted by atomic mass is 9.98. The molecule has 0 aromatic heterocycles. The van der Waals surface area contributed by atoms with Crippen LogP contribution in [0.1, 0.15) is 18.4 Å². The van der Waals surface area contributed by atoms with E-state index in [0.717, 1.165) is 5.56 Å². The first kappa shape index (κ1) is 20.0. The smallest absolute Gasteiger partial charge is 0.271 e. The van der Waals surface area contributed by atoms with Crippen LogP contribution in [-0.4, -0.2) is 36.6 Å². The number of hydrogen-bond donors (Lipinski definition) is 1. The Morgan fingerprint density at radius 1 is 1.21 bits per heavy atom. The average Bonchev–Trinajstić information content (AvgIpc) is 2.68. The van der Waals surface area contributed by atoms with E-state index >= 15 is 0 Å². The number of aryl methyl sites for hydroxylation is 1. The minimum absolute atomic E-state index is 0.0803. The summed E-state index contributed by atoms with van der Waals surface area (Å²) in [6.07, 6.45) is 1.12. The van der Waals surface area contributed by atoms with E-state index in [0.29, 0.717) is 25.1 Å². The van der Waals surface area contributed by atoms with Crippen molar-refractivity contribution in [2.75, 3.05) is 18.4 Å². The highest BCUT2D eigenvalue weighted by Gasteiger charge is 2.33. The predicted octanol–water partition coefficient (Wildman–Crippen LogP) is 2.94. The van der Waals surface area contributed by atoms with Crippen molar-refractivity contribution in [3.63, 3.8) is 0 Å². The van der Waals surface area contributed by atoms with Gasteiger partial charge < -0.3 is 5.32 Å². The van der Waals surface area contributed by atoms with Crippen molar-refractivity contribution < 1.29 is 18.1 Å². The second kappa shape index (κ2) is 8.07. The quantitative estimate of drug-likeness (QED) is 0.610. The molecule has 1 saturated heterocycles. The van der Waals surface area contributed by atoms with Gasteiger partial charge in [0.15, 0.2) is 0 Å². The number of nitrogens with zero attached hydrogens (tertiary/aromatic N) is 2. The predicted molar refractivity (Wildman–Crippen MR) is 104 cm³/mol. The minimum atomic E-state index is -3.67. The van der Waals surface area contributed by atoms with Gasteiger partial charge in [-0.05, 0) is 38.0 Å². The molecule has 3 rings (SSSR count). The van der Waals surface area contributed by atoms with E-state index < -0.39 is 20.9 Å². The Balaban J connectivity index is 1.72. The molecule has 0 unspecified atom stereocenters. The molecule has 0 aliphatic carbocycles. The molecule has 0 radical (unpaired) electrons. The fourth-order valence-electron chi connectivity index (χ4n) is 3.18. The van der Waals surface area contributed by atoms with Crippen LogP contribution in [0, 0.1) is 23.0 Å². The van der Waals surface area contributed by atoms with Crippen LogP contribution in [0.25, 0.3) is 0 Å². The van der Waals surface area contributed by atoms with Crippen molar-refractivity contribution in [3.8, 4) is 0 Å². The molecule has 2 aromatic rings. The fraction of sp³-hybridized carbons (Fsp3) is 0.316. The first-order valence-electron chi connectivity index (χ1n) is 8.89. The van der Waals surface area contributed by atoms with Gasteiger partial charge in [-0.2, -0.15) is 4.31 Å². The summed E-state index contributed by atoms with van der Waals surface area (Å²) in [7, 11) is -3.67. The molecule has 1 heterocycles. The van der Waals surface area contributed by atoms with Gasteiger partial charge in [0.05, 0.1) is 15.7 Å². The molecule has 9 heteroatoms. The molecular formula is C19H21N3O5S. The summed E-state index contributed by atoms with van der Waals surface area (Å²) in [5.41, 5.74) is 1.16. The maximum atomic E-state index is 12.9. The number of anilines is 1. The summed E-state index contributed by atoms with van der Waals surface area (Å²) in [5.74, 6) is -0.863. The van der Waals surface area contributed by atoms with Crippen molar-refractivity contribution >= 4 is 27.3 Å². The van der Waals surface area contributed by atoms with E-state index in [1.807, 2.05) is 6.92 Å². The third-order valence-electron chi connectivity index (χ3n) is 4.74. The molecule has 0 bridgehead atoms. The lowest BCUT2D eigenvalue weighted by molar-refractivity contribution is -0.384. The molecule has 1 amide bonds. The number of carbonyl (C=O) groups excluding carboxylic acids is 1. The lowest BCUT2D eigenvalue weighted by Gasteiger charge is -2.31. The van der Waals surface area contributed by atoms with Crippen molar-refractivity contribution in [1.29, 1.82) is 0 Å². The molecule has 0 spiro atoms. The monoisotopic (exact) mass is 403 g/mol. The number of nitro groups is 1. The van der Waals surface area contributed by atoms with Gasteiger partial charge in [-0.25, -0.2) is 8.42 Å². The van der Waals surface area contributed by atoms with E-state index in [4.69, 9.17) is 0 Å². The number of piperidine rings is 1. The number of amides is 1. The first-order chi connectivity index (χ1) is 13.3. The summed E-state index contributed by atoms with van der Waals surface area (Å²) in [4.78, 5) is 23.1. The summed E-state index contributed by atoms with van der Waals surface area (Å²) in [5, 5.41) is 13.5. The van der Waals surface area contributed by atoms with Crippen LogP contribution < -0.4 is 5.32 Å². The largest absolute Gasteiger partial charge is 0.326 e. The number of nitrogens with one attached hydrogen (secondary N) is 1. The standard InChI is InChI=1S/C19H21N3O5S/c1-14-7-9-18(10-8-14)28(26,27)21-11-3-4-15(13-21)19(23)20-16-5-2-6-17(12-16)22(24)25/h2,5-10,12,15H,3-4,11,13H2,1H3,(H,20,23)/t15-/m0/s1. The van der Waals surface area contributed by atoms with Crippen molar-refractivity contribution in [3.05, 3.63) is 64.2 Å². The Morgan fingerprint density at radius 3 is 2.61 bits per heavy atom. The van der Waals surface area contributed by atoms with Gasteiger partial charge in [0.1, 0.15) is 0 Å². The van der Waals surface area contributed by atoms with Crippen LogP contribution in [0.2, 0.25) is 0 Å². The van der Waals surface area contributed by atoms with Gasteiger partial charge in [-0.1, -0.05) is 23.8 Å². The summed E-state index contributed by atoms with van der Waals surface area (Å²) < 4.78 is 27.1. The van der Waals surface area contributed by atoms with Crippen LogP contribution in [0.4, 0.5) is 11.4 Å². The van der Waals surface area contributed by atoms with Gasteiger partial charge in [-0.15, -0.1) is 0 Å². The van der Waals surface area contributed by atoms with Crippen molar-refractivity contribution in [1.82, 2.24) is 4.31 Å². The Bertz CT molecular complexity index is 989. The Hall–Kier alpha value is -2.78. The normalized spacial score (nSPS) is 17.8. The van der Waals surface area contributed by atoms with E-state index in [2.05, 4.69) is 5.32 Å². The number of sulfonamides is 1. The minimum Gasteiger partial charge on any atom is -0.326 e. The van der Waals surface area contributed by atoms with Gasteiger partial charge in [0.25, 0.3) is 5.69 Å². The summed E-state index contributed by atoms with van der Waals surface area (Å²) in [6, 6.07) is 12.3. The Kier molecular flexibility index (Phi) is 5.76. The Labute approximate surface area is 163 Å². The van der Waals surface area contributed by atoms with E-state index in [-0.39, 0.29) is 23.0 Å². The third-order valence-corrected chi connectivity index (χ3v) is 6.62. The second-order valence-corrected chi connectivity index (χ2v) is 8.75. The molecule has 28 heavy (non-hydrogen) atoms. The molecule has 2 aromatic carbocycles. The van der Waals surface area contributed by atoms with Crippen molar-refractivity contribution in [2.24, 2.45) is 5.92 Å². The van der Waals surface area contributed by atoms with E-state index in [9.17, 15) is 23.3 Å². The number of carbonyl (C=O) groups is 1. The molecule has 0 saturated carbocycles. The number of hydrogen-bond acceptors (Lipinski definition) is 5. The molecule has 1 aliphatic heterocycles. The van der Waals surface area contributed by atoms with Crippen LogP contribution in [0.5, 0.6) is 0 Å². The first-order valence-corrected chi connectivity index (χ1v) is 10.3. The molecule has 148 valence electrons. The molecule has 1 aliphatic rings. The summed E-state index contributed by atoms with van der Waals surface area (Å²) in [6.45, 7) is 2.32. The second-order valence-electron chi connectivity index (χ2n) is 6.81. The number of rotatable bonds is 5. The number of non-ortho nitro benzene ring substituents is 1. The maximum absolute atomic E-state index is 12.9. The summed E-state index contributed by atoms with van der Waals surface area (Å²) >= 11 is 0. The Morgan fingerprint density at radius 2 is 1.93 bits per heavy atom. The molecular weight excluding hydrogens is 382 g/mol. The third kappa shape index (κ3) is 4.37. The molecule has 8 nitrogen and oxygen atoms in total. The molecule has 1 atom stereocenters. The number of benzene rings is 2. The lowest BCUT2D eigenvalue weighted by Crippen LogP contribution is -2.43. The van der Waals surface area contributed by atoms with Crippen LogP contribution in [0.3, 0.4) is 0 Å². The highest BCUT2D eigenvalue weighted by molar-refractivity contribution is 7.89. The zero-order valence-corrected chi connectivity index (χ0v) is 16.2. The van der Waals surface area contributed by atoms with Gasteiger partial charge in [0, 0.05) is 30.9 Å². The highest BCUT2D eigenvalue weighted by atomic mass is 32.2. The van der Waals surface area contributed by atoms with Gasteiger partial charge in [0.2, 0.25) is 15.9 Å². The van der Waals surface area contributed by atoms with E-state index in [1.54, 1.807) is 30.3 Å². The van der Waals surface area contributed by atoms with Crippen molar-refractivity contribution in [2.45, 2.75) is 24.7 Å². The zero-order chi connectivity index (χ0) is 20.3. The molecule has 1 N–H and O–H groups in total. The van der Waals surface area contributed by atoms with Crippen LogP contribution in [0.15, 0.2) is 53.4 Å². The highest BCUT2D eigenvalue weighted by Crippen LogP contribution is 2.25. The van der Waals surface area contributed by atoms with Crippen LogP contribution >= 0.6 is 0 Å². The SMILES string of the molecule is Cc1ccc(S(=O)(=O)N2CCC[C@H](C(=O)Nc3cccc([N+](=O)[O-])c3)C2)cc1. The topological polar surface area (TPSA) is 110 Å². The van der Waals surface area contributed by atoms with Gasteiger partial charge in [-0.3, -0.25) is 14.9 Å². The molecule has 1 fully saturated rings. The fourth-order valence-corrected chi connectivity index (χ4v) is 4.70. The van der Waals surface area contributed by atoms with Crippen LogP contribution in [-0.2, 0) is 14.8 Å².